The summed E-state index contributed by atoms with van der Waals surface area (Å²) < 4.78 is 38.6. The van der Waals surface area contributed by atoms with Crippen molar-refractivity contribution in [2.75, 3.05) is 5.73 Å². The first kappa shape index (κ1) is 9.50. The molecule has 3 nitrogen and oxygen atoms in total. The Morgan fingerprint density at radius 2 is 1.92 bits per heavy atom. The van der Waals surface area contributed by atoms with Crippen LogP contribution < -0.4 is 10.5 Å². The Morgan fingerprint density at radius 1 is 1.31 bits per heavy atom. The van der Waals surface area contributed by atoms with Crippen LogP contribution in [-0.2, 0) is 0 Å². The molecule has 3 N–H and O–H groups in total. The molecule has 0 atom stereocenters. The number of benzene rings is 1. The second-order valence-electron chi connectivity index (χ2n) is 2.30. The average molecular weight is 191 g/mol. The predicted octanol–water partition coefficient (Wildman–Crippen LogP) is 2.85. The molecule has 0 spiro atoms. The fourth-order valence-electron chi connectivity index (χ4n) is 0.738. The van der Waals surface area contributed by atoms with Crippen molar-refractivity contribution in [1.29, 1.82) is 0 Å². The van der Waals surface area contributed by atoms with Gasteiger partial charge in [0.2, 0.25) is 0 Å². The van der Waals surface area contributed by atoms with Gasteiger partial charge in [-0.15, -0.1) is 18.9 Å². The Kier molecular flexibility index (Phi) is 2.22. The second kappa shape index (κ2) is 3.04. The molecule has 0 amide bonds. The highest BCUT2D eigenvalue weighted by Crippen LogP contribution is 2.29. The highest BCUT2D eigenvalue weighted by atomic mass is 19.4. The molecule has 1 rings (SSSR count). The van der Waals surface area contributed by atoms with Crippen molar-refractivity contribution in [3.63, 3.8) is 0 Å². The van der Waals surface area contributed by atoms with Gasteiger partial charge >= 0.3 is 6.36 Å². The number of nitrogen functional groups attached to an aromatic ring is 1. The maximum absolute atomic E-state index is 11.7. The summed E-state index contributed by atoms with van der Waals surface area (Å²) in [6.07, 6.45) is -4.73. The van der Waals surface area contributed by atoms with Crippen LogP contribution in [0.15, 0.2) is 18.2 Å². The van der Waals surface area contributed by atoms with Crippen LogP contribution in [0.4, 0.5) is 24.5 Å². The Balaban J connectivity index is 2.86. The summed E-state index contributed by atoms with van der Waals surface area (Å²) in [5.41, 5.74) is 12.2. The Hall–Kier alpha value is -1.59. The van der Waals surface area contributed by atoms with Crippen LogP contribution in [0.5, 0.6) is 5.75 Å². The van der Waals surface area contributed by atoms with E-state index in [0.717, 1.165) is 18.2 Å². The Bertz CT molecular complexity index is 311. The number of alkyl halides is 3. The van der Waals surface area contributed by atoms with E-state index in [0.29, 0.717) is 0 Å². The van der Waals surface area contributed by atoms with Crippen LogP contribution >= 0.6 is 0 Å². The molecular weight excluding hydrogens is 185 g/mol. The summed E-state index contributed by atoms with van der Waals surface area (Å²) in [6.45, 7) is 0. The zero-order chi connectivity index (χ0) is 10.1. The third-order valence-electron chi connectivity index (χ3n) is 1.26. The summed E-state index contributed by atoms with van der Waals surface area (Å²) in [4.78, 5) is 0. The van der Waals surface area contributed by atoms with Crippen LogP contribution in [0.2, 0.25) is 0 Å². The first-order chi connectivity index (χ1) is 5.88. The molecule has 0 fully saturated rings. The van der Waals surface area contributed by atoms with Crippen molar-refractivity contribution < 1.29 is 17.9 Å². The third kappa shape index (κ3) is 2.73. The van der Waals surface area contributed by atoms with E-state index in [4.69, 9.17) is 11.5 Å². The minimum atomic E-state index is -4.73. The summed E-state index contributed by atoms with van der Waals surface area (Å²) in [5.74, 6) is -0.416. The lowest BCUT2D eigenvalue weighted by molar-refractivity contribution is -0.274. The maximum atomic E-state index is 11.7. The van der Waals surface area contributed by atoms with Crippen molar-refractivity contribution in [3.05, 3.63) is 23.9 Å². The van der Waals surface area contributed by atoms with E-state index in [1.807, 2.05) is 0 Å². The largest absolute Gasteiger partial charge is 0.697 e. The molecule has 0 aromatic heterocycles. The molecule has 0 saturated carbocycles. The highest BCUT2D eigenvalue weighted by Gasteiger charge is 2.30. The normalized spacial score (nSPS) is 11.3. The average Bonchev–Trinajstić information content (AvgIpc) is 1.94. The van der Waals surface area contributed by atoms with Crippen LogP contribution in [0, 0.1) is 0 Å². The molecule has 0 saturated heterocycles. The van der Waals surface area contributed by atoms with E-state index < -0.39 is 12.1 Å². The van der Waals surface area contributed by atoms with Gasteiger partial charge in [-0.2, -0.15) is 0 Å². The number of nitrogens with two attached hydrogens (primary N) is 1. The van der Waals surface area contributed by atoms with Crippen molar-refractivity contribution in [2.45, 2.75) is 6.36 Å². The van der Waals surface area contributed by atoms with E-state index in [2.05, 4.69) is 4.74 Å². The first-order valence-electron chi connectivity index (χ1n) is 3.25. The molecule has 0 aliphatic heterocycles. The summed E-state index contributed by atoms with van der Waals surface area (Å²) >= 11 is 0. The van der Waals surface area contributed by atoms with E-state index >= 15 is 0 Å². The standard InChI is InChI=1S/C7H6F3N2O/c8-7(9,10)13-4-1-2-5(11)6(12)3-4/h1-3,11H,12H2/q-1. The number of hydrogen-bond donors (Lipinski definition) is 1. The lowest BCUT2D eigenvalue weighted by Crippen LogP contribution is -2.17. The van der Waals surface area contributed by atoms with Crippen molar-refractivity contribution in [1.82, 2.24) is 0 Å². The molecule has 0 bridgehead atoms. The zero-order valence-corrected chi connectivity index (χ0v) is 6.35. The molecule has 1 aromatic rings. The SMILES string of the molecule is [NH-]c1ccc(OC(F)(F)F)cc1N. The second-order valence-corrected chi connectivity index (χ2v) is 2.30. The van der Waals surface area contributed by atoms with Gasteiger partial charge in [0.1, 0.15) is 5.75 Å². The molecule has 0 heterocycles. The van der Waals surface area contributed by atoms with E-state index in [1.165, 1.54) is 0 Å². The number of nitrogens with one attached hydrogen (secondary N) is 1. The fourth-order valence-corrected chi connectivity index (χ4v) is 0.738. The van der Waals surface area contributed by atoms with Gasteiger partial charge in [0, 0.05) is 11.8 Å². The van der Waals surface area contributed by atoms with Crippen LogP contribution in [0.25, 0.3) is 5.73 Å². The lowest BCUT2D eigenvalue weighted by Gasteiger charge is -2.12. The maximum Gasteiger partial charge on any atom is 0.573 e. The van der Waals surface area contributed by atoms with Gasteiger partial charge in [0.25, 0.3) is 0 Å². The summed E-state index contributed by atoms with van der Waals surface area (Å²) in [6, 6.07) is 3.12. The Labute approximate surface area is 72.1 Å². The number of ether oxygens (including phenoxy) is 1. The molecular formula is C7H6F3N2O-. The molecule has 0 aliphatic carbocycles. The lowest BCUT2D eigenvalue weighted by atomic mass is 10.2. The minimum absolute atomic E-state index is 0.0328. The number of rotatable bonds is 1. The van der Waals surface area contributed by atoms with E-state index in [-0.39, 0.29) is 11.4 Å². The van der Waals surface area contributed by atoms with Crippen LogP contribution in [0.3, 0.4) is 0 Å². The molecule has 0 unspecified atom stereocenters. The van der Waals surface area contributed by atoms with Crippen molar-refractivity contribution in [3.8, 4) is 5.75 Å². The monoisotopic (exact) mass is 191 g/mol. The van der Waals surface area contributed by atoms with Gasteiger partial charge in [-0.3, -0.25) is 0 Å². The van der Waals surface area contributed by atoms with Gasteiger partial charge in [0.05, 0.1) is 0 Å². The van der Waals surface area contributed by atoms with E-state index in [9.17, 15) is 13.2 Å². The van der Waals surface area contributed by atoms with Gasteiger partial charge < -0.3 is 16.2 Å². The third-order valence-corrected chi connectivity index (χ3v) is 1.26. The molecule has 0 radical (unpaired) electrons. The van der Waals surface area contributed by atoms with Crippen LogP contribution in [0.1, 0.15) is 0 Å². The van der Waals surface area contributed by atoms with Gasteiger partial charge in [-0.25, -0.2) is 0 Å². The number of anilines is 1. The molecule has 6 heteroatoms. The molecule has 1 aromatic carbocycles. The molecule has 13 heavy (non-hydrogen) atoms. The smallest absolute Gasteiger partial charge is 0.573 e. The first-order valence-corrected chi connectivity index (χ1v) is 3.25. The molecule has 0 aliphatic rings. The summed E-state index contributed by atoms with van der Waals surface area (Å²) in [7, 11) is 0. The summed E-state index contributed by atoms with van der Waals surface area (Å²) in [5, 5.41) is 0. The fraction of sp³-hybridized carbons (Fsp3) is 0.143. The Morgan fingerprint density at radius 3 is 2.38 bits per heavy atom. The number of hydrogen-bond acceptors (Lipinski definition) is 2. The van der Waals surface area contributed by atoms with Gasteiger partial charge in [-0.1, -0.05) is 6.07 Å². The molecule has 72 valence electrons. The zero-order valence-electron chi connectivity index (χ0n) is 6.35. The van der Waals surface area contributed by atoms with Gasteiger partial charge in [0.15, 0.2) is 0 Å². The minimum Gasteiger partial charge on any atom is -0.697 e. The van der Waals surface area contributed by atoms with E-state index in [1.54, 1.807) is 0 Å². The quantitative estimate of drug-likeness (QED) is 0.693. The topological polar surface area (TPSA) is 59.0 Å². The van der Waals surface area contributed by atoms with Crippen LogP contribution in [-0.4, -0.2) is 6.36 Å². The van der Waals surface area contributed by atoms with Gasteiger partial charge in [-0.05, 0) is 6.07 Å². The predicted molar refractivity (Wildman–Crippen MR) is 41.5 cm³/mol. The highest BCUT2D eigenvalue weighted by molar-refractivity contribution is 5.67. The number of halogens is 3. The van der Waals surface area contributed by atoms with Crippen molar-refractivity contribution in [2.24, 2.45) is 0 Å². The van der Waals surface area contributed by atoms with Crippen molar-refractivity contribution >= 4 is 11.4 Å².